The average Bonchev–Trinajstić information content (AvgIpc) is 2.45. The average molecular weight is 306 g/mol. The molecule has 0 bridgehead atoms. The van der Waals surface area contributed by atoms with E-state index >= 15 is 0 Å². The SMILES string of the molecule is CCOc1ccc([C@H](C)NC(=O)[C@H](NC(C)=O)C(C)C)cc1. The van der Waals surface area contributed by atoms with Crippen LogP contribution in [-0.2, 0) is 9.59 Å². The van der Waals surface area contributed by atoms with Crippen LogP contribution in [0, 0.1) is 5.92 Å². The van der Waals surface area contributed by atoms with Gasteiger partial charge in [0.15, 0.2) is 0 Å². The third-order valence-electron chi connectivity index (χ3n) is 3.36. The Balaban J connectivity index is 2.70. The van der Waals surface area contributed by atoms with Crippen LogP contribution in [0.15, 0.2) is 24.3 Å². The molecule has 0 unspecified atom stereocenters. The molecule has 0 radical (unpaired) electrons. The third kappa shape index (κ3) is 5.39. The van der Waals surface area contributed by atoms with Gasteiger partial charge in [-0.3, -0.25) is 9.59 Å². The van der Waals surface area contributed by atoms with Gasteiger partial charge in [0.25, 0.3) is 0 Å². The minimum atomic E-state index is -0.525. The van der Waals surface area contributed by atoms with Gasteiger partial charge < -0.3 is 15.4 Å². The van der Waals surface area contributed by atoms with Crippen molar-refractivity contribution in [3.8, 4) is 5.75 Å². The maximum absolute atomic E-state index is 12.3. The molecule has 2 N–H and O–H groups in total. The van der Waals surface area contributed by atoms with Gasteiger partial charge in [-0.25, -0.2) is 0 Å². The molecule has 0 aliphatic carbocycles. The van der Waals surface area contributed by atoms with E-state index in [4.69, 9.17) is 4.74 Å². The molecule has 22 heavy (non-hydrogen) atoms. The molecule has 0 saturated heterocycles. The molecule has 2 atom stereocenters. The van der Waals surface area contributed by atoms with Crippen molar-refractivity contribution in [2.24, 2.45) is 5.92 Å². The lowest BCUT2D eigenvalue weighted by molar-refractivity contribution is -0.129. The van der Waals surface area contributed by atoms with Gasteiger partial charge in [0.05, 0.1) is 12.6 Å². The van der Waals surface area contributed by atoms with Crippen molar-refractivity contribution < 1.29 is 14.3 Å². The summed E-state index contributed by atoms with van der Waals surface area (Å²) < 4.78 is 5.40. The molecule has 2 amide bonds. The zero-order chi connectivity index (χ0) is 16.7. The van der Waals surface area contributed by atoms with Crippen LogP contribution < -0.4 is 15.4 Å². The monoisotopic (exact) mass is 306 g/mol. The van der Waals surface area contributed by atoms with Crippen LogP contribution in [0.2, 0.25) is 0 Å². The Hall–Kier alpha value is -2.04. The summed E-state index contributed by atoms with van der Waals surface area (Å²) in [5.41, 5.74) is 0.988. The van der Waals surface area contributed by atoms with E-state index in [1.165, 1.54) is 6.92 Å². The summed E-state index contributed by atoms with van der Waals surface area (Å²) in [4.78, 5) is 23.5. The number of ether oxygens (including phenoxy) is 1. The Morgan fingerprint density at radius 1 is 1.09 bits per heavy atom. The molecule has 5 heteroatoms. The molecule has 0 heterocycles. The topological polar surface area (TPSA) is 67.4 Å². The lowest BCUT2D eigenvalue weighted by atomic mass is 10.0. The Labute approximate surface area is 132 Å². The van der Waals surface area contributed by atoms with Crippen molar-refractivity contribution in [2.45, 2.75) is 46.7 Å². The van der Waals surface area contributed by atoms with E-state index in [1.54, 1.807) is 0 Å². The highest BCUT2D eigenvalue weighted by atomic mass is 16.5. The maximum Gasteiger partial charge on any atom is 0.243 e. The van der Waals surface area contributed by atoms with Gasteiger partial charge in [-0.15, -0.1) is 0 Å². The Kier molecular flexibility index (Phi) is 6.89. The van der Waals surface area contributed by atoms with Crippen molar-refractivity contribution in [1.29, 1.82) is 0 Å². The van der Waals surface area contributed by atoms with Gasteiger partial charge >= 0.3 is 0 Å². The molecule has 5 nitrogen and oxygen atoms in total. The predicted octanol–water partition coefficient (Wildman–Crippen LogP) is 2.42. The second-order valence-corrected chi connectivity index (χ2v) is 5.65. The van der Waals surface area contributed by atoms with E-state index in [0.717, 1.165) is 11.3 Å². The van der Waals surface area contributed by atoms with E-state index in [2.05, 4.69) is 10.6 Å². The molecule has 0 saturated carbocycles. The van der Waals surface area contributed by atoms with E-state index in [0.29, 0.717) is 6.61 Å². The van der Waals surface area contributed by atoms with Crippen molar-refractivity contribution in [3.05, 3.63) is 29.8 Å². The third-order valence-corrected chi connectivity index (χ3v) is 3.36. The lowest BCUT2D eigenvalue weighted by Crippen LogP contribution is -2.49. The summed E-state index contributed by atoms with van der Waals surface area (Å²) in [6.45, 7) is 9.70. The first-order valence-electron chi connectivity index (χ1n) is 7.65. The molecule has 0 fully saturated rings. The van der Waals surface area contributed by atoms with Crippen LogP contribution in [0.25, 0.3) is 0 Å². The minimum Gasteiger partial charge on any atom is -0.494 e. The number of carbonyl (C=O) groups excluding carboxylic acids is 2. The molecule has 122 valence electrons. The number of nitrogens with one attached hydrogen (secondary N) is 2. The number of benzene rings is 1. The summed E-state index contributed by atoms with van der Waals surface area (Å²) in [5.74, 6) is 0.452. The van der Waals surface area contributed by atoms with Gasteiger partial charge in [-0.05, 0) is 37.5 Å². The van der Waals surface area contributed by atoms with Crippen molar-refractivity contribution >= 4 is 11.8 Å². The van der Waals surface area contributed by atoms with Crippen molar-refractivity contribution in [1.82, 2.24) is 10.6 Å². The summed E-state index contributed by atoms with van der Waals surface area (Å²) in [5, 5.41) is 5.63. The van der Waals surface area contributed by atoms with Gasteiger partial charge in [0, 0.05) is 6.92 Å². The van der Waals surface area contributed by atoms with Crippen molar-refractivity contribution in [2.75, 3.05) is 6.61 Å². The summed E-state index contributed by atoms with van der Waals surface area (Å²) >= 11 is 0. The summed E-state index contributed by atoms with van der Waals surface area (Å²) in [6, 6.07) is 6.96. The fourth-order valence-corrected chi connectivity index (χ4v) is 2.16. The smallest absolute Gasteiger partial charge is 0.243 e. The van der Waals surface area contributed by atoms with E-state index in [9.17, 15) is 9.59 Å². The lowest BCUT2D eigenvalue weighted by Gasteiger charge is -2.23. The number of amides is 2. The summed E-state index contributed by atoms with van der Waals surface area (Å²) in [7, 11) is 0. The zero-order valence-electron chi connectivity index (χ0n) is 14.0. The molecule has 0 aromatic heterocycles. The fraction of sp³-hybridized carbons (Fsp3) is 0.529. The number of hydrogen-bond acceptors (Lipinski definition) is 3. The zero-order valence-corrected chi connectivity index (χ0v) is 14.0. The van der Waals surface area contributed by atoms with Gasteiger partial charge in [-0.1, -0.05) is 26.0 Å². The first kappa shape index (κ1) is 18.0. The molecule has 0 spiro atoms. The quantitative estimate of drug-likeness (QED) is 0.813. The van der Waals surface area contributed by atoms with Crippen LogP contribution in [-0.4, -0.2) is 24.5 Å². The van der Waals surface area contributed by atoms with Crippen LogP contribution in [0.3, 0.4) is 0 Å². The van der Waals surface area contributed by atoms with E-state index < -0.39 is 6.04 Å². The highest BCUT2D eigenvalue weighted by molar-refractivity contribution is 5.87. The molecule has 1 aromatic carbocycles. The van der Waals surface area contributed by atoms with Crippen LogP contribution in [0.4, 0.5) is 0 Å². The van der Waals surface area contributed by atoms with Gasteiger partial charge in [0.2, 0.25) is 11.8 Å². The Morgan fingerprint density at radius 3 is 2.14 bits per heavy atom. The molecule has 0 aliphatic rings. The Morgan fingerprint density at radius 2 is 1.68 bits per heavy atom. The fourth-order valence-electron chi connectivity index (χ4n) is 2.16. The molecule has 1 rings (SSSR count). The summed E-state index contributed by atoms with van der Waals surface area (Å²) in [6.07, 6.45) is 0. The second-order valence-electron chi connectivity index (χ2n) is 5.65. The van der Waals surface area contributed by atoms with Crippen LogP contribution >= 0.6 is 0 Å². The first-order valence-corrected chi connectivity index (χ1v) is 7.65. The second kappa shape index (κ2) is 8.41. The van der Waals surface area contributed by atoms with E-state index in [1.807, 2.05) is 52.0 Å². The normalized spacial score (nSPS) is 13.4. The molecular formula is C17H26N2O3. The molecule has 0 aliphatic heterocycles. The number of carbonyl (C=O) groups is 2. The molecular weight excluding hydrogens is 280 g/mol. The van der Waals surface area contributed by atoms with Gasteiger partial charge in [-0.2, -0.15) is 0 Å². The van der Waals surface area contributed by atoms with Crippen molar-refractivity contribution in [3.63, 3.8) is 0 Å². The predicted molar refractivity (Wildman–Crippen MR) is 86.6 cm³/mol. The van der Waals surface area contributed by atoms with Crippen LogP contribution in [0.1, 0.15) is 46.2 Å². The highest BCUT2D eigenvalue weighted by Gasteiger charge is 2.24. The largest absolute Gasteiger partial charge is 0.494 e. The standard InChI is InChI=1S/C17H26N2O3/c1-6-22-15-9-7-14(8-10-15)12(4)18-17(21)16(11(2)3)19-13(5)20/h7-12,16H,6H2,1-5H3,(H,18,21)(H,19,20)/t12-,16+/m0/s1. The minimum absolute atomic E-state index is 0.0245. The Bertz CT molecular complexity index is 497. The van der Waals surface area contributed by atoms with E-state index in [-0.39, 0.29) is 23.8 Å². The maximum atomic E-state index is 12.3. The van der Waals surface area contributed by atoms with Gasteiger partial charge in [0.1, 0.15) is 11.8 Å². The number of rotatable bonds is 7. The van der Waals surface area contributed by atoms with Crippen LogP contribution in [0.5, 0.6) is 5.75 Å². The number of hydrogen-bond donors (Lipinski definition) is 2. The molecule has 1 aromatic rings. The highest BCUT2D eigenvalue weighted by Crippen LogP contribution is 2.18. The first-order chi connectivity index (χ1) is 10.3.